The number of carbonyl (C=O) groups is 1. The molecule has 0 unspecified atom stereocenters. The second-order valence-electron chi connectivity index (χ2n) is 5.50. The molecule has 1 fully saturated rings. The fourth-order valence-corrected chi connectivity index (χ4v) is 2.44. The van der Waals surface area contributed by atoms with Gasteiger partial charge in [-0.15, -0.1) is 0 Å². The first-order chi connectivity index (χ1) is 10.3. The third-order valence-electron chi connectivity index (χ3n) is 3.86. The average molecular weight is 291 g/mol. The maximum atomic E-state index is 12.7. The van der Waals surface area contributed by atoms with Gasteiger partial charge in [0.2, 0.25) is 0 Å². The maximum absolute atomic E-state index is 12.7. The molecule has 116 valence electrons. The lowest BCUT2D eigenvalue weighted by molar-refractivity contribution is 0.0556. The molecule has 0 atom stereocenters. The summed E-state index contributed by atoms with van der Waals surface area (Å²) in [6, 6.07) is 5.83. The van der Waals surface area contributed by atoms with E-state index in [0.717, 1.165) is 31.6 Å². The average Bonchev–Trinajstić information content (AvgIpc) is 2.47. The van der Waals surface area contributed by atoms with Crippen molar-refractivity contribution in [3.05, 3.63) is 23.9 Å². The number of aliphatic hydroxyl groups is 1. The fraction of sp³-hybridized carbons (Fsp3) is 0.625. The Morgan fingerprint density at radius 3 is 2.90 bits per heavy atom. The fourth-order valence-electron chi connectivity index (χ4n) is 2.44. The molecule has 2 rings (SSSR count). The van der Waals surface area contributed by atoms with Crippen LogP contribution in [0.25, 0.3) is 0 Å². The first-order valence-corrected chi connectivity index (χ1v) is 7.89. The molecular weight excluding hydrogens is 266 g/mol. The van der Waals surface area contributed by atoms with Gasteiger partial charge in [-0.2, -0.15) is 0 Å². The molecule has 1 aromatic heterocycles. The van der Waals surface area contributed by atoms with Crippen LogP contribution in [0.2, 0.25) is 0 Å². The predicted octanol–water partition coefficient (Wildman–Crippen LogP) is 2.28. The molecule has 1 aliphatic rings. The molecule has 5 nitrogen and oxygen atoms in total. The van der Waals surface area contributed by atoms with Crippen molar-refractivity contribution in [2.24, 2.45) is 0 Å². The number of hydrogen-bond donors (Lipinski definition) is 2. The highest BCUT2D eigenvalue weighted by atomic mass is 16.3. The number of nitrogens with zero attached hydrogens (tertiary/aromatic N) is 2. The number of nitrogens with one attached hydrogen (secondary N) is 1. The number of anilines is 1. The normalized spacial score (nSPS) is 14.6. The lowest BCUT2D eigenvalue weighted by Crippen LogP contribution is -2.45. The zero-order valence-corrected chi connectivity index (χ0v) is 12.7. The van der Waals surface area contributed by atoms with Crippen molar-refractivity contribution < 1.29 is 9.90 Å². The van der Waals surface area contributed by atoms with Crippen LogP contribution in [-0.2, 0) is 0 Å². The summed E-state index contributed by atoms with van der Waals surface area (Å²) in [6.07, 6.45) is 4.94. The van der Waals surface area contributed by atoms with Crippen molar-refractivity contribution in [1.29, 1.82) is 0 Å². The summed E-state index contributed by atoms with van der Waals surface area (Å²) in [7, 11) is 0. The number of hydrogen-bond acceptors (Lipinski definition) is 4. The molecule has 1 heterocycles. The third kappa shape index (κ3) is 4.17. The molecule has 0 saturated heterocycles. The van der Waals surface area contributed by atoms with Gasteiger partial charge in [0.1, 0.15) is 11.5 Å². The molecule has 1 saturated carbocycles. The van der Waals surface area contributed by atoms with Gasteiger partial charge in [0.15, 0.2) is 0 Å². The Balaban J connectivity index is 2.07. The van der Waals surface area contributed by atoms with Crippen LogP contribution in [0.4, 0.5) is 5.82 Å². The van der Waals surface area contributed by atoms with Crippen LogP contribution in [0.1, 0.15) is 49.5 Å². The number of aliphatic hydroxyl groups excluding tert-OH is 1. The predicted molar refractivity (Wildman–Crippen MR) is 83.4 cm³/mol. The molecule has 21 heavy (non-hydrogen) atoms. The van der Waals surface area contributed by atoms with E-state index in [4.69, 9.17) is 5.11 Å². The molecular formula is C16H25N3O2. The summed E-state index contributed by atoms with van der Waals surface area (Å²) in [5.41, 5.74) is 0.487. The summed E-state index contributed by atoms with van der Waals surface area (Å²) in [5.74, 6) is 0.728. The molecule has 2 N–H and O–H groups in total. The molecule has 1 aromatic rings. The van der Waals surface area contributed by atoms with Crippen LogP contribution in [0, 0.1) is 0 Å². The molecule has 0 radical (unpaired) electrons. The summed E-state index contributed by atoms with van der Waals surface area (Å²) in [6.45, 7) is 3.66. The Hall–Kier alpha value is -1.62. The van der Waals surface area contributed by atoms with Crippen LogP contribution < -0.4 is 5.32 Å². The molecule has 0 aliphatic heterocycles. The van der Waals surface area contributed by atoms with Crippen molar-refractivity contribution in [3.8, 4) is 0 Å². The zero-order valence-electron chi connectivity index (χ0n) is 12.7. The quantitative estimate of drug-likeness (QED) is 0.771. The number of amides is 1. The van der Waals surface area contributed by atoms with Crippen molar-refractivity contribution in [2.45, 2.75) is 45.1 Å². The minimum Gasteiger partial charge on any atom is -0.396 e. The van der Waals surface area contributed by atoms with Crippen LogP contribution in [0.3, 0.4) is 0 Å². The highest BCUT2D eigenvalue weighted by molar-refractivity contribution is 5.93. The van der Waals surface area contributed by atoms with Gasteiger partial charge in [0, 0.05) is 25.7 Å². The van der Waals surface area contributed by atoms with Crippen molar-refractivity contribution in [2.75, 3.05) is 25.0 Å². The molecule has 0 spiro atoms. The van der Waals surface area contributed by atoms with Gasteiger partial charge >= 0.3 is 0 Å². The second kappa shape index (κ2) is 7.98. The molecule has 0 aromatic carbocycles. The van der Waals surface area contributed by atoms with Gasteiger partial charge < -0.3 is 15.3 Å². The lowest BCUT2D eigenvalue weighted by Gasteiger charge is -2.37. The SMILES string of the molecule is CCCNc1cccc(C(=O)N(CCCO)C2CCC2)n1. The lowest BCUT2D eigenvalue weighted by atomic mass is 9.91. The zero-order chi connectivity index (χ0) is 15.1. The monoisotopic (exact) mass is 291 g/mol. The van der Waals surface area contributed by atoms with Gasteiger partial charge in [-0.1, -0.05) is 13.0 Å². The molecule has 0 bridgehead atoms. The maximum Gasteiger partial charge on any atom is 0.272 e. The Morgan fingerprint density at radius 1 is 1.48 bits per heavy atom. The van der Waals surface area contributed by atoms with E-state index in [1.54, 1.807) is 6.07 Å². The Bertz CT molecular complexity index is 461. The Morgan fingerprint density at radius 2 is 2.29 bits per heavy atom. The van der Waals surface area contributed by atoms with Crippen molar-refractivity contribution in [1.82, 2.24) is 9.88 Å². The minimum atomic E-state index is -0.0201. The van der Waals surface area contributed by atoms with Crippen LogP contribution in [0.15, 0.2) is 18.2 Å². The highest BCUT2D eigenvalue weighted by Gasteiger charge is 2.29. The first-order valence-electron chi connectivity index (χ1n) is 7.89. The van der Waals surface area contributed by atoms with Gasteiger partial charge in [0.05, 0.1) is 0 Å². The van der Waals surface area contributed by atoms with E-state index in [2.05, 4.69) is 17.2 Å². The number of rotatable bonds is 8. The van der Waals surface area contributed by atoms with Crippen LogP contribution in [-0.4, -0.2) is 46.6 Å². The van der Waals surface area contributed by atoms with E-state index in [1.807, 2.05) is 17.0 Å². The standard InChI is InChI=1S/C16H25N3O2/c1-2-10-17-15-9-4-8-14(18-15)16(21)19(11-5-12-20)13-6-3-7-13/h4,8-9,13,20H,2-3,5-7,10-12H2,1H3,(H,17,18). The summed E-state index contributed by atoms with van der Waals surface area (Å²) in [5, 5.41) is 12.2. The third-order valence-corrected chi connectivity index (χ3v) is 3.86. The Labute approximate surface area is 126 Å². The van der Waals surface area contributed by atoms with E-state index < -0.39 is 0 Å². The van der Waals surface area contributed by atoms with E-state index in [9.17, 15) is 4.79 Å². The van der Waals surface area contributed by atoms with E-state index in [0.29, 0.717) is 24.7 Å². The topological polar surface area (TPSA) is 65.5 Å². The van der Waals surface area contributed by atoms with Crippen LogP contribution >= 0.6 is 0 Å². The number of pyridine rings is 1. The van der Waals surface area contributed by atoms with E-state index >= 15 is 0 Å². The Kier molecular flexibility index (Phi) is 5.99. The van der Waals surface area contributed by atoms with Gasteiger partial charge in [0.25, 0.3) is 5.91 Å². The van der Waals surface area contributed by atoms with Gasteiger partial charge in [-0.05, 0) is 44.2 Å². The molecule has 1 aliphatic carbocycles. The van der Waals surface area contributed by atoms with Gasteiger partial charge in [-0.3, -0.25) is 4.79 Å². The van der Waals surface area contributed by atoms with Crippen molar-refractivity contribution >= 4 is 11.7 Å². The second-order valence-corrected chi connectivity index (χ2v) is 5.50. The summed E-state index contributed by atoms with van der Waals surface area (Å²) < 4.78 is 0. The summed E-state index contributed by atoms with van der Waals surface area (Å²) in [4.78, 5) is 19.0. The number of aromatic nitrogens is 1. The van der Waals surface area contributed by atoms with E-state index in [-0.39, 0.29) is 12.5 Å². The largest absolute Gasteiger partial charge is 0.396 e. The summed E-state index contributed by atoms with van der Waals surface area (Å²) >= 11 is 0. The van der Waals surface area contributed by atoms with Gasteiger partial charge in [-0.25, -0.2) is 4.98 Å². The smallest absolute Gasteiger partial charge is 0.272 e. The first kappa shape index (κ1) is 15.8. The van der Waals surface area contributed by atoms with Crippen molar-refractivity contribution in [3.63, 3.8) is 0 Å². The minimum absolute atomic E-state index is 0.0201. The van der Waals surface area contributed by atoms with Crippen LogP contribution in [0.5, 0.6) is 0 Å². The van der Waals surface area contributed by atoms with E-state index in [1.165, 1.54) is 6.42 Å². The molecule has 1 amide bonds. The number of carbonyl (C=O) groups excluding carboxylic acids is 1. The highest BCUT2D eigenvalue weighted by Crippen LogP contribution is 2.26. The molecule has 5 heteroatoms.